The Labute approximate surface area is 107 Å². The molecule has 0 fully saturated rings. The van der Waals surface area contributed by atoms with Crippen LogP contribution in [-0.2, 0) is 13.8 Å². The fourth-order valence-corrected chi connectivity index (χ4v) is 1.37. The van der Waals surface area contributed by atoms with Gasteiger partial charge < -0.3 is 18.7 Å². The molecule has 0 aliphatic carbocycles. The van der Waals surface area contributed by atoms with Crippen molar-refractivity contribution in [1.82, 2.24) is 0 Å². The monoisotopic (exact) mass is 266 g/mol. The summed E-state index contributed by atoms with van der Waals surface area (Å²) in [5, 5.41) is 0. The number of hydrogen-bond acceptors (Lipinski definition) is 4. The molecule has 0 bridgehead atoms. The van der Waals surface area contributed by atoms with Crippen molar-refractivity contribution in [2.45, 2.75) is 59.3 Å². The molecule has 0 spiro atoms. The van der Waals surface area contributed by atoms with Crippen LogP contribution < -0.4 is 0 Å². The molecule has 17 heavy (non-hydrogen) atoms. The van der Waals surface area contributed by atoms with Crippen LogP contribution >= 0.6 is 8.60 Å². The zero-order valence-electron chi connectivity index (χ0n) is 11.4. The molecule has 0 saturated heterocycles. The van der Waals surface area contributed by atoms with Crippen molar-refractivity contribution < 1.29 is 18.7 Å². The lowest BCUT2D eigenvalue weighted by Gasteiger charge is -2.09. The molecule has 5 heteroatoms. The average molecular weight is 266 g/mol. The Bertz CT molecular complexity index is 134. The molecule has 0 aromatic carbocycles. The summed E-state index contributed by atoms with van der Waals surface area (Å²) in [7, 11) is -1.60. The van der Waals surface area contributed by atoms with Gasteiger partial charge in [-0.3, -0.25) is 0 Å². The Hall–Kier alpha value is -0.0200. The number of carbonyl (C=O) groups excluding carboxylic acids is 1. The molecule has 0 atom stereocenters. The summed E-state index contributed by atoms with van der Waals surface area (Å²) in [6.45, 7) is 7.35. The van der Waals surface area contributed by atoms with Gasteiger partial charge in [0.25, 0.3) is 0 Å². The van der Waals surface area contributed by atoms with Crippen LogP contribution in [0.1, 0.15) is 59.3 Å². The van der Waals surface area contributed by atoms with Gasteiger partial charge in [0.2, 0.25) is 0 Å². The maximum Gasteiger partial charge on any atom is 0.329 e. The summed E-state index contributed by atoms with van der Waals surface area (Å²) < 4.78 is 10.1. The van der Waals surface area contributed by atoms with E-state index in [1.165, 1.54) is 0 Å². The van der Waals surface area contributed by atoms with Crippen molar-refractivity contribution in [3.05, 3.63) is 0 Å². The largest absolute Gasteiger partial charge is 0.329 e. The van der Waals surface area contributed by atoms with E-state index >= 15 is 0 Å². The first-order valence-corrected chi connectivity index (χ1v) is 7.54. The van der Waals surface area contributed by atoms with Crippen LogP contribution in [0.4, 0.5) is 0 Å². The minimum atomic E-state index is -1.60. The third-order valence-electron chi connectivity index (χ3n) is 1.81. The van der Waals surface area contributed by atoms with Crippen molar-refractivity contribution in [2.24, 2.45) is 0 Å². The molecule has 4 nitrogen and oxygen atoms in total. The second kappa shape index (κ2) is 18.3. The van der Waals surface area contributed by atoms with Crippen LogP contribution in [0.2, 0.25) is 0 Å². The Morgan fingerprint density at radius 2 is 1.47 bits per heavy atom. The van der Waals surface area contributed by atoms with Gasteiger partial charge in [-0.15, -0.1) is 0 Å². The van der Waals surface area contributed by atoms with Crippen molar-refractivity contribution in [3.63, 3.8) is 0 Å². The molecule has 0 radical (unpaired) electrons. The predicted molar refractivity (Wildman–Crippen MR) is 71.8 cm³/mol. The van der Waals surface area contributed by atoms with Crippen molar-refractivity contribution in [2.75, 3.05) is 13.2 Å². The molecule has 0 heterocycles. The number of hydrogen-bond donors (Lipinski definition) is 1. The molecular weight excluding hydrogens is 239 g/mol. The number of aldehydes is 1. The van der Waals surface area contributed by atoms with Crippen molar-refractivity contribution >= 4 is 14.9 Å². The van der Waals surface area contributed by atoms with Gasteiger partial charge >= 0.3 is 8.60 Å². The lowest BCUT2D eigenvalue weighted by Crippen LogP contribution is -1.94. The van der Waals surface area contributed by atoms with Crippen LogP contribution in [0.25, 0.3) is 0 Å². The first-order valence-electron chi connectivity index (χ1n) is 6.41. The Morgan fingerprint density at radius 1 is 1.00 bits per heavy atom. The standard InChI is InChI=1S/C8H19O3P.C4H8O/c1-3-5-7-10-12(9)11-8-6-4-2;1-2-3-4-5/h9H,3-8H2,1-2H3;4H,2-3H2,1H3. The van der Waals surface area contributed by atoms with Crippen LogP contribution in [0.15, 0.2) is 0 Å². The van der Waals surface area contributed by atoms with E-state index < -0.39 is 8.60 Å². The Balaban J connectivity index is 0. The van der Waals surface area contributed by atoms with E-state index in [-0.39, 0.29) is 0 Å². The molecule has 0 saturated carbocycles. The lowest BCUT2D eigenvalue weighted by atomic mass is 10.4. The van der Waals surface area contributed by atoms with Crippen LogP contribution in [0, 0.1) is 0 Å². The van der Waals surface area contributed by atoms with E-state index in [4.69, 9.17) is 13.9 Å². The van der Waals surface area contributed by atoms with Gasteiger partial charge in [-0.25, -0.2) is 0 Å². The fraction of sp³-hybridized carbons (Fsp3) is 0.917. The predicted octanol–water partition coefficient (Wildman–Crippen LogP) is 3.82. The molecule has 0 aromatic rings. The third-order valence-corrected chi connectivity index (χ3v) is 2.61. The van der Waals surface area contributed by atoms with Gasteiger partial charge in [0.1, 0.15) is 6.29 Å². The first-order chi connectivity index (χ1) is 8.22. The van der Waals surface area contributed by atoms with Gasteiger partial charge in [0.15, 0.2) is 0 Å². The minimum Gasteiger partial charge on any atom is -0.328 e. The zero-order valence-corrected chi connectivity index (χ0v) is 12.2. The third kappa shape index (κ3) is 21.8. The van der Waals surface area contributed by atoms with Gasteiger partial charge in [-0.2, -0.15) is 0 Å². The van der Waals surface area contributed by atoms with E-state index in [1.807, 2.05) is 6.92 Å². The summed E-state index contributed by atoms with van der Waals surface area (Å²) in [6.07, 6.45) is 6.74. The molecule has 0 unspecified atom stereocenters. The molecule has 104 valence electrons. The van der Waals surface area contributed by atoms with Gasteiger partial charge in [0, 0.05) is 6.42 Å². The summed E-state index contributed by atoms with van der Waals surface area (Å²) >= 11 is 0. The van der Waals surface area contributed by atoms with E-state index in [9.17, 15) is 4.79 Å². The van der Waals surface area contributed by atoms with Gasteiger partial charge in [-0.1, -0.05) is 33.6 Å². The highest BCUT2D eigenvalue weighted by Gasteiger charge is 2.04. The summed E-state index contributed by atoms with van der Waals surface area (Å²) in [6, 6.07) is 0. The highest BCUT2D eigenvalue weighted by atomic mass is 31.2. The van der Waals surface area contributed by atoms with E-state index in [1.54, 1.807) is 0 Å². The lowest BCUT2D eigenvalue weighted by molar-refractivity contribution is -0.107. The first kappa shape index (κ1) is 19.3. The molecule has 0 rings (SSSR count). The average Bonchev–Trinajstić information content (AvgIpc) is 2.32. The van der Waals surface area contributed by atoms with Crippen LogP contribution in [0.5, 0.6) is 0 Å². The summed E-state index contributed by atoms with van der Waals surface area (Å²) in [5.41, 5.74) is 0. The molecule has 0 amide bonds. The maximum atomic E-state index is 9.40. The van der Waals surface area contributed by atoms with Gasteiger partial charge in [0.05, 0.1) is 13.2 Å². The highest BCUT2D eigenvalue weighted by molar-refractivity contribution is 7.40. The summed E-state index contributed by atoms with van der Waals surface area (Å²) in [4.78, 5) is 18.5. The Kier molecular flexibility index (Phi) is 20.9. The SMILES string of the molecule is CCCC=O.CCCCOP(O)OCCCC. The Morgan fingerprint density at radius 3 is 1.71 bits per heavy atom. The topological polar surface area (TPSA) is 55.8 Å². The number of rotatable bonds is 10. The molecule has 0 aromatic heterocycles. The molecule has 0 aliphatic rings. The second-order valence-corrected chi connectivity index (χ2v) is 4.56. The van der Waals surface area contributed by atoms with Gasteiger partial charge in [-0.05, 0) is 19.3 Å². The second-order valence-electron chi connectivity index (χ2n) is 3.57. The van der Waals surface area contributed by atoms with Crippen LogP contribution in [0.3, 0.4) is 0 Å². The van der Waals surface area contributed by atoms with E-state index in [0.717, 1.165) is 38.4 Å². The summed E-state index contributed by atoms with van der Waals surface area (Å²) in [5.74, 6) is 0. The molecule has 1 N–H and O–H groups in total. The van der Waals surface area contributed by atoms with E-state index in [0.29, 0.717) is 19.6 Å². The maximum absolute atomic E-state index is 9.40. The van der Waals surface area contributed by atoms with Crippen molar-refractivity contribution in [3.8, 4) is 0 Å². The molecular formula is C12H27O4P. The van der Waals surface area contributed by atoms with E-state index in [2.05, 4.69) is 13.8 Å². The van der Waals surface area contributed by atoms with Crippen molar-refractivity contribution in [1.29, 1.82) is 0 Å². The highest BCUT2D eigenvalue weighted by Crippen LogP contribution is 2.32. The zero-order chi connectivity index (χ0) is 13.4. The number of carbonyl (C=O) groups is 1. The molecule has 0 aliphatic heterocycles. The smallest absolute Gasteiger partial charge is 0.328 e. The quantitative estimate of drug-likeness (QED) is 0.371. The minimum absolute atomic E-state index is 0.602. The van der Waals surface area contributed by atoms with Crippen LogP contribution in [-0.4, -0.2) is 24.4 Å². The number of unbranched alkanes of at least 4 members (excludes halogenated alkanes) is 3. The normalized spacial score (nSPS) is 9.94. The fourth-order valence-electron chi connectivity index (χ4n) is 0.729.